The van der Waals surface area contributed by atoms with Crippen LogP contribution in [0.4, 0.5) is 0 Å². The highest BCUT2D eigenvalue weighted by Gasteiger charge is 2.34. The van der Waals surface area contributed by atoms with Gasteiger partial charge in [0.1, 0.15) is 0 Å². The van der Waals surface area contributed by atoms with Gasteiger partial charge in [0.05, 0.1) is 0 Å². The van der Waals surface area contributed by atoms with Crippen LogP contribution in [-0.4, -0.2) is 16.8 Å². The Morgan fingerprint density at radius 3 is 2.69 bits per heavy atom. The lowest BCUT2D eigenvalue weighted by Crippen LogP contribution is -2.33. The van der Waals surface area contributed by atoms with Crippen molar-refractivity contribution >= 4 is 28.5 Å². The van der Waals surface area contributed by atoms with E-state index in [9.17, 15) is 4.79 Å². The van der Waals surface area contributed by atoms with E-state index in [2.05, 4.69) is 33.6 Å². The quantitative estimate of drug-likeness (QED) is 0.726. The molecule has 0 spiro atoms. The van der Waals surface area contributed by atoms with E-state index < -0.39 is 0 Å². The Balaban J connectivity index is 1.94. The molecule has 1 saturated carbocycles. The topological polar surface area (TPSA) is 20.3 Å². The first-order valence-corrected chi connectivity index (χ1v) is 6.93. The molecule has 1 heterocycles. The zero-order valence-corrected chi connectivity index (χ0v) is 11.2. The van der Waals surface area contributed by atoms with Crippen LogP contribution < -0.4 is 0 Å². The molecule has 3 heteroatoms. The molecule has 2 nitrogen and oxygen atoms in total. The molecule has 1 aliphatic heterocycles. The molecule has 84 valence electrons. The standard InChI is InChI=1S/C13H14INO/c14-12-7-3-6-10-11(12)8-15(13(10)16)9-4-1-2-5-9/h3,6-7,9H,1-2,4-5,8H2. The average Bonchev–Trinajstić information content (AvgIpc) is 2.88. The van der Waals surface area contributed by atoms with Crippen LogP contribution in [0.15, 0.2) is 18.2 Å². The zero-order chi connectivity index (χ0) is 11.1. The molecular weight excluding hydrogens is 313 g/mol. The Bertz CT molecular complexity index is 438. The maximum Gasteiger partial charge on any atom is 0.254 e. The minimum absolute atomic E-state index is 0.250. The van der Waals surface area contributed by atoms with Crippen molar-refractivity contribution in [1.82, 2.24) is 4.90 Å². The summed E-state index contributed by atoms with van der Waals surface area (Å²) in [5.41, 5.74) is 2.17. The number of hydrogen-bond acceptors (Lipinski definition) is 1. The first-order valence-electron chi connectivity index (χ1n) is 5.86. The summed E-state index contributed by atoms with van der Waals surface area (Å²) in [6, 6.07) is 6.53. The van der Waals surface area contributed by atoms with Gasteiger partial charge in [0.15, 0.2) is 0 Å². The number of hydrogen-bond donors (Lipinski definition) is 0. The maximum absolute atomic E-state index is 12.3. The Hall–Kier alpha value is -0.580. The lowest BCUT2D eigenvalue weighted by Gasteiger charge is -2.23. The number of benzene rings is 1. The van der Waals surface area contributed by atoms with Crippen LogP contribution >= 0.6 is 22.6 Å². The maximum atomic E-state index is 12.3. The summed E-state index contributed by atoms with van der Waals surface area (Å²) in [5.74, 6) is 0.250. The van der Waals surface area contributed by atoms with Gasteiger partial charge in [-0.2, -0.15) is 0 Å². The highest BCUT2D eigenvalue weighted by Crippen LogP contribution is 2.33. The third-order valence-electron chi connectivity index (χ3n) is 3.70. The van der Waals surface area contributed by atoms with Gasteiger partial charge in [-0.1, -0.05) is 18.9 Å². The van der Waals surface area contributed by atoms with Crippen LogP contribution in [0, 0.1) is 3.57 Å². The molecule has 3 rings (SSSR count). The second kappa shape index (κ2) is 4.02. The second-order valence-electron chi connectivity index (χ2n) is 4.64. The zero-order valence-electron chi connectivity index (χ0n) is 9.08. The minimum atomic E-state index is 0.250. The SMILES string of the molecule is O=C1c2cccc(I)c2CN1C1CCCC1. The molecule has 0 saturated heterocycles. The van der Waals surface area contributed by atoms with E-state index >= 15 is 0 Å². The molecule has 1 amide bonds. The summed E-state index contributed by atoms with van der Waals surface area (Å²) in [4.78, 5) is 14.3. The van der Waals surface area contributed by atoms with E-state index in [1.807, 2.05) is 12.1 Å². The fourth-order valence-electron chi connectivity index (χ4n) is 2.83. The average molecular weight is 327 g/mol. The Morgan fingerprint density at radius 1 is 1.25 bits per heavy atom. The minimum Gasteiger partial charge on any atom is -0.331 e. The van der Waals surface area contributed by atoms with Gasteiger partial charge >= 0.3 is 0 Å². The molecular formula is C13H14INO. The number of halogens is 1. The highest BCUT2D eigenvalue weighted by atomic mass is 127. The lowest BCUT2D eigenvalue weighted by molar-refractivity contribution is 0.0707. The van der Waals surface area contributed by atoms with E-state index in [1.54, 1.807) is 0 Å². The van der Waals surface area contributed by atoms with Crippen LogP contribution in [0.1, 0.15) is 41.6 Å². The van der Waals surface area contributed by atoms with E-state index in [0.717, 1.165) is 12.1 Å². The van der Waals surface area contributed by atoms with E-state index in [0.29, 0.717) is 6.04 Å². The summed E-state index contributed by atoms with van der Waals surface area (Å²) in [7, 11) is 0. The van der Waals surface area contributed by atoms with Gasteiger partial charge in [0.2, 0.25) is 0 Å². The number of amides is 1. The van der Waals surface area contributed by atoms with Crippen molar-refractivity contribution in [2.24, 2.45) is 0 Å². The Labute approximate surface area is 109 Å². The van der Waals surface area contributed by atoms with Crippen molar-refractivity contribution in [1.29, 1.82) is 0 Å². The smallest absolute Gasteiger partial charge is 0.254 e. The highest BCUT2D eigenvalue weighted by molar-refractivity contribution is 14.1. The van der Waals surface area contributed by atoms with Gasteiger partial charge in [0.25, 0.3) is 5.91 Å². The molecule has 1 aliphatic carbocycles. The van der Waals surface area contributed by atoms with E-state index in [1.165, 1.54) is 34.8 Å². The van der Waals surface area contributed by atoms with Crippen molar-refractivity contribution in [2.45, 2.75) is 38.3 Å². The summed E-state index contributed by atoms with van der Waals surface area (Å²) < 4.78 is 1.23. The van der Waals surface area contributed by atoms with E-state index in [-0.39, 0.29) is 5.91 Å². The van der Waals surface area contributed by atoms with Gasteiger partial charge in [-0.25, -0.2) is 0 Å². The molecule has 0 N–H and O–H groups in total. The largest absolute Gasteiger partial charge is 0.331 e. The summed E-state index contributed by atoms with van der Waals surface area (Å²) in [6.07, 6.45) is 4.94. The molecule has 16 heavy (non-hydrogen) atoms. The molecule has 2 aliphatic rings. The molecule has 0 radical (unpaired) electrons. The predicted octanol–water partition coefficient (Wildman–Crippen LogP) is 3.19. The van der Waals surface area contributed by atoms with Crippen molar-refractivity contribution in [3.05, 3.63) is 32.9 Å². The van der Waals surface area contributed by atoms with Gasteiger partial charge < -0.3 is 4.90 Å². The normalized spacial score (nSPS) is 20.6. The first kappa shape index (κ1) is 10.6. The third-order valence-corrected chi connectivity index (χ3v) is 4.71. The van der Waals surface area contributed by atoms with Gasteiger partial charge in [-0.15, -0.1) is 0 Å². The number of carbonyl (C=O) groups excluding carboxylic acids is 1. The first-order chi connectivity index (χ1) is 7.77. The molecule has 0 atom stereocenters. The number of carbonyl (C=O) groups is 1. The van der Waals surface area contributed by atoms with Crippen LogP contribution in [-0.2, 0) is 6.54 Å². The van der Waals surface area contributed by atoms with Gasteiger partial charge in [-0.3, -0.25) is 4.79 Å². The fraction of sp³-hybridized carbons (Fsp3) is 0.462. The summed E-state index contributed by atoms with van der Waals surface area (Å²) >= 11 is 2.33. The Morgan fingerprint density at radius 2 is 2.00 bits per heavy atom. The van der Waals surface area contributed by atoms with E-state index in [4.69, 9.17) is 0 Å². The molecule has 1 fully saturated rings. The molecule has 0 aromatic heterocycles. The number of rotatable bonds is 1. The van der Waals surface area contributed by atoms with Gasteiger partial charge in [-0.05, 0) is 53.1 Å². The van der Waals surface area contributed by atoms with Gasteiger partial charge in [0, 0.05) is 21.7 Å². The monoisotopic (exact) mass is 327 g/mol. The summed E-state index contributed by atoms with van der Waals surface area (Å²) in [5, 5.41) is 0. The van der Waals surface area contributed by atoms with Crippen molar-refractivity contribution in [3.8, 4) is 0 Å². The number of nitrogens with zero attached hydrogens (tertiary/aromatic N) is 1. The predicted molar refractivity (Wildman–Crippen MR) is 71.3 cm³/mol. The van der Waals surface area contributed by atoms with Crippen molar-refractivity contribution in [3.63, 3.8) is 0 Å². The molecule has 1 aromatic carbocycles. The lowest BCUT2D eigenvalue weighted by atomic mass is 10.1. The van der Waals surface area contributed by atoms with Crippen LogP contribution in [0.2, 0.25) is 0 Å². The van der Waals surface area contributed by atoms with Crippen LogP contribution in [0.3, 0.4) is 0 Å². The Kier molecular flexibility index (Phi) is 2.65. The fourth-order valence-corrected chi connectivity index (χ4v) is 3.50. The number of fused-ring (bicyclic) bond motifs is 1. The van der Waals surface area contributed by atoms with Crippen molar-refractivity contribution in [2.75, 3.05) is 0 Å². The van der Waals surface area contributed by atoms with Crippen LogP contribution in [0.25, 0.3) is 0 Å². The third kappa shape index (κ3) is 1.56. The summed E-state index contributed by atoms with van der Waals surface area (Å²) in [6.45, 7) is 0.831. The van der Waals surface area contributed by atoms with Crippen molar-refractivity contribution < 1.29 is 4.79 Å². The van der Waals surface area contributed by atoms with Crippen LogP contribution in [0.5, 0.6) is 0 Å². The second-order valence-corrected chi connectivity index (χ2v) is 5.80. The molecule has 0 unspecified atom stereocenters. The molecule has 0 bridgehead atoms. The molecule has 1 aromatic rings.